The van der Waals surface area contributed by atoms with E-state index in [0.717, 1.165) is 17.5 Å². The van der Waals surface area contributed by atoms with Gasteiger partial charge in [-0.05, 0) is 19.8 Å². The van der Waals surface area contributed by atoms with Gasteiger partial charge in [-0.2, -0.15) is 5.26 Å². The third-order valence-corrected chi connectivity index (χ3v) is 4.46. The number of aromatic nitrogens is 3. The molecule has 0 amide bonds. The van der Waals surface area contributed by atoms with Crippen molar-refractivity contribution in [3.63, 3.8) is 0 Å². The molecule has 0 N–H and O–H groups in total. The van der Waals surface area contributed by atoms with E-state index in [0.29, 0.717) is 5.92 Å². The highest BCUT2D eigenvalue weighted by atomic mass is 32.2. The van der Waals surface area contributed by atoms with Gasteiger partial charge in [-0.3, -0.25) is 0 Å². The molecule has 19 heavy (non-hydrogen) atoms. The van der Waals surface area contributed by atoms with Crippen molar-refractivity contribution in [3.8, 4) is 6.07 Å². The number of nitriles is 1. The standard InChI is InChI=1S/C14H20N4S/c1-3-9-18-13(12-7-5-4-6-8-12)16-17-14(18)19-11(2)10-15/h3,11-12H,1,4-9H2,2H3. The Hall–Kier alpha value is -1.28. The number of rotatable bonds is 5. The molecule has 1 aromatic heterocycles. The maximum atomic E-state index is 8.92. The summed E-state index contributed by atoms with van der Waals surface area (Å²) in [6.07, 6.45) is 8.17. The highest BCUT2D eigenvalue weighted by Crippen LogP contribution is 2.33. The van der Waals surface area contributed by atoms with Crippen LogP contribution in [-0.2, 0) is 6.54 Å². The molecule has 0 aliphatic heterocycles. The van der Waals surface area contributed by atoms with Crippen molar-refractivity contribution in [3.05, 3.63) is 18.5 Å². The Morgan fingerprint density at radius 3 is 2.84 bits per heavy atom. The number of allylic oxidation sites excluding steroid dienone is 1. The molecule has 1 aliphatic carbocycles. The first-order valence-electron chi connectivity index (χ1n) is 6.86. The predicted molar refractivity (Wildman–Crippen MR) is 77.0 cm³/mol. The average molecular weight is 276 g/mol. The van der Waals surface area contributed by atoms with E-state index in [9.17, 15) is 0 Å². The van der Waals surface area contributed by atoms with Crippen molar-refractivity contribution < 1.29 is 0 Å². The first kappa shape index (κ1) is 14.1. The van der Waals surface area contributed by atoms with Crippen molar-refractivity contribution in [2.75, 3.05) is 0 Å². The summed E-state index contributed by atoms with van der Waals surface area (Å²) in [4.78, 5) is 0. The zero-order valence-electron chi connectivity index (χ0n) is 11.4. The number of hydrogen-bond acceptors (Lipinski definition) is 4. The average Bonchev–Trinajstić information content (AvgIpc) is 2.83. The Morgan fingerprint density at radius 2 is 2.21 bits per heavy atom. The minimum Gasteiger partial charge on any atom is -0.302 e. The molecule has 0 spiro atoms. The van der Waals surface area contributed by atoms with Crippen LogP contribution in [-0.4, -0.2) is 20.0 Å². The quantitative estimate of drug-likeness (QED) is 0.610. The summed E-state index contributed by atoms with van der Waals surface area (Å²) in [6.45, 7) is 6.42. The van der Waals surface area contributed by atoms with E-state index in [-0.39, 0.29) is 5.25 Å². The van der Waals surface area contributed by atoms with Crippen LogP contribution in [0.5, 0.6) is 0 Å². The third kappa shape index (κ3) is 3.38. The number of nitrogens with zero attached hydrogens (tertiary/aromatic N) is 4. The van der Waals surface area contributed by atoms with Gasteiger partial charge in [0.1, 0.15) is 5.82 Å². The van der Waals surface area contributed by atoms with Crippen LogP contribution >= 0.6 is 11.8 Å². The molecule has 0 saturated heterocycles. The smallest absolute Gasteiger partial charge is 0.192 e. The second kappa shape index (κ2) is 6.76. The van der Waals surface area contributed by atoms with E-state index >= 15 is 0 Å². The first-order valence-corrected chi connectivity index (χ1v) is 7.74. The van der Waals surface area contributed by atoms with E-state index in [1.807, 2.05) is 13.0 Å². The summed E-state index contributed by atoms with van der Waals surface area (Å²) in [5.74, 6) is 1.60. The molecule has 1 aromatic rings. The van der Waals surface area contributed by atoms with Crippen LogP contribution in [0, 0.1) is 11.3 Å². The van der Waals surface area contributed by atoms with Gasteiger partial charge in [-0.25, -0.2) is 0 Å². The summed E-state index contributed by atoms with van der Waals surface area (Å²) in [7, 11) is 0. The van der Waals surface area contributed by atoms with Crippen molar-refractivity contribution >= 4 is 11.8 Å². The lowest BCUT2D eigenvalue weighted by molar-refractivity contribution is 0.415. The zero-order valence-corrected chi connectivity index (χ0v) is 12.2. The van der Waals surface area contributed by atoms with Crippen LogP contribution in [0.25, 0.3) is 0 Å². The molecule has 1 fully saturated rings. The molecule has 5 heteroatoms. The summed E-state index contributed by atoms with van der Waals surface area (Å²) >= 11 is 1.48. The van der Waals surface area contributed by atoms with E-state index in [2.05, 4.69) is 27.4 Å². The maximum Gasteiger partial charge on any atom is 0.192 e. The Balaban J connectivity index is 2.22. The second-order valence-corrected chi connectivity index (χ2v) is 6.27. The van der Waals surface area contributed by atoms with Gasteiger partial charge in [0.05, 0.1) is 11.3 Å². The van der Waals surface area contributed by atoms with Crippen LogP contribution in [0.1, 0.15) is 50.8 Å². The fourth-order valence-corrected chi connectivity index (χ4v) is 3.29. The summed E-state index contributed by atoms with van der Waals surface area (Å²) < 4.78 is 2.13. The van der Waals surface area contributed by atoms with Crippen molar-refractivity contribution in [1.82, 2.24) is 14.8 Å². The van der Waals surface area contributed by atoms with Gasteiger partial charge >= 0.3 is 0 Å². The monoisotopic (exact) mass is 276 g/mol. The van der Waals surface area contributed by atoms with E-state index in [1.54, 1.807) is 0 Å². The molecule has 1 saturated carbocycles. The van der Waals surface area contributed by atoms with Crippen LogP contribution in [0.3, 0.4) is 0 Å². The molecular formula is C14H20N4S. The topological polar surface area (TPSA) is 54.5 Å². The SMILES string of the molecule is C=CCn1c(SC(C)C#N)nnc1C1CCCCC1. The largest absolute Gasteiger partial charge is 0.302 e. The van der Waals surface area contributed by atoms with Gasteiger partial charge in [0, 0.05) is 12.5 Å². The maximum absolute atomic E-state index is 8.92. The second-order valence-electron chi connectivity index (χ2n) is 4.96. The fraction of sp³-hybridized carbons (Fsp3) is 0.643. The molecule has 1 heterocycles. The normalized spacial score (nSPS) is 17.9. The van der Waals surface area contributed by atoms with Gasteiger partial charge in [0.25, 0.3) is 0 Å². The number of thioether (sulfide) groups is 1. The van der Waals surface area contributed by atoms with E-state index in [1.165, 1.54) is 43.9 Å². The minimum absolute atomic E-state index is 0.105. The van der Waals surface area contributed by atoms with Crippen molar-refractivity contribution in [2.24, 2.45) is 0 Å². The fourth-order valence-electron chi connectivity index (χ4n) is 2.54. The molecule has 0 bridgehead atoms. The highest BCUT2D eigenvalue weighted by molar-refractivity contribution is 8.00. The van der Waals surface area contributed by atoms with Gasteiger partial charge in [0.15, 0.2) is 5.16 Å². The molecule has 102 valence electrons. The lowest BCUT2D eigenvalue weighted by Crippen LogP contribution is -2.12. The van der Waals surface area contributed by atoms with E-state index < -0.39 is 0 Å². The minimum atomic E-state index is -0.105. The van der Waals surface area contributed by atoms with Crippen LogP contribution in [0.15, 0.2) is 17.8 Å². The first-order chi connectivity index (χ1) is 9.26. The highest BCUT2D eigenvalue weighted by Gasteiger charge is 2.23. The molecule has 0 radical (unpaired) electrons. The Labute approximate surface area is 118 Å². The third-order valence-electron chi connectivity index (χ3n) is 3.49. The van der Waals surface area contributed by atoms with Gasteiger partial charge in [-0.15, -0.1) is 16.8 Å². The molecular weight excluding hydrogens is 256 g/mol. The van der Waals surface area contributed by atoms with Crippen molar-refractivity contribution in [1.29, 1.82) is 5.26 Å². The number of hydrogen-bond donors (Lipinski definition) is 0. The zero-order chi connectivity index (χ0) is 13.7. The molecule has 2 rings (SSSR count). The Kier molecular flexibility index (Phi) is 5.03. The van der Waals surface area contributed by atoms with Crippen molar-refractivity contribution in [2.45, 2.75) is 61.9 Å². The van der Waals surface area contributed by atoms with Crippen LogP contribution in [0.2, 0.25) is 0 Å². The molecule has 1 unspecified atom stereocenters. The Bertz CT molecular complexity index is 468. The lowest BCUT2D eigenvalue weighted by Gasteiger charge is -2.21. The van der Waals surface area contributed by atoms with Crippen LogP contribution in [0.4, 0.5) is 0 Å². The molecule has 0 aromatic carbocycles. The Morgan fingerprint density at radius 1 is 1.47 bits per heavy atom. The summed E-state index contributed by atoms with van der Waals surface area (Å²) in [5, 5.41) is 18.3. The lowest BCUT2D eigenvalue weighted by atomic mass is 9.89. The van der Waals surface area contributed by atoms with Gasteiger partial charge < -0.3 is 4.57 Å². The van der Waals surface area contributed by atoms with Gasteiger partial charge in [-0.1, -0.05) is 37.1 Å². The summed E-state index contributed by atoms with van der Waals surface area (Å²) in [6, 6.07) is 2.23. The van der Waals surface area contributed by atoms with E-state index in [4.69, 9.17) is 5.26 Å². The summed E-state index contributed by atoms with van der Waals surface area (Å²) in [5.41, 5.74) is 0. The molecule has 1 aliphatic rings. The molecule has 1 atom stereocenters. The van der Waals surface area contributed by atoms with Gasteiger partial charge in [0.2, 0.25) is 0 Å². The van der Waals surface area contributed by atoms with Crippen LogP contribution < -0.4 is 0 Å². The predicted octanol–water partition coefficient (Wildman–Crippen LogP) is 3.52. The molecule has 4 nitrogen and oxygen atoms in total.